The van der Waals surface area contributed by atoms with E-state index < -0.39 is 0 Å². The van der Waals surface area contributed by atoms with E-state index in [1.54, 1.807) is 25.3 Å². The highest BCUT2D eigenvalue weighted by molar-refractivity contribution is 6.31. The van der Waals surface area contributed by atoms with Crippen LogP contribution in [0.3, 0.4) is 0 Å². The Kier molecular flexibility index (Phi) is 5.85. The van der Waals surface area contributed by atoms with Crippen LogP contribution in [0.1, 0.15) is 25.7 Å². The second-order valence-electron chi connectivity index (χ2n) is 5.24. The number of carbonyl (C=O) groups is 1. The third kappa shape index (κ3) is 4.88. The van der Waals surface area contributed by atoms with Crippen molar-refractivity contribution in [2.24, 2.45) is 0 Å². The Morgan fingerprint density at radius 1 is 1.43 bits per heavy atom. The fraction of sp³-hybridized carbons (Fsp3) is 0.533. The molecule has 2 unspecified atom stereocenters. The molecule has 21 heavy (non-hydrogen) atoms. The molecule has 0 spiro atoms. The molecule has 1 saturated carbocycles. The van der Waals surface area contributed by atoms with Crippen LogP contribution in [0.15, 0.2) is 18.2 Å². The fourth-order valence-electron chi connectivity index (χ4n) is 2.48. The number of hydrogen-bond donors (Lipinski definition) is 2. The molecule has 1 aromatic carbocycles. The maximum Gasteiger partial charge on any atom is 0.250 e. The Hall–Kier alpha value is -1.30. The van der Waals surface area contributed by atoms with Gasteiger partial charge in [-0.05, 0) is 43.9 Å². The van der Waals surface area contributed by atoms with Crippen LogP contribution in [0.2, 0.25) is 5.02 Å². The van der Waals surface area contributed by atoms with Crippen molar-refractivity contribution in [3.05, 3.63) is 23.2 Å². The van der Waals surface area contributed by atoms with Gasteiger partial charge >= 0.3 is 0 Å². The Balaban J connectivity index is 1.80. The van der Waals surface area contributed by atoms with Gasteiger partial charge in [0.1, 0.15) is 6.61 Å². The molecule has 1 amide bonds. The normalized spacial score (nSPS) is 22.0. The van der Waals surface area contributed by atoms with Crippen LogP contribution in [0.5, 0.6) is 0 Å². The number of hydrogen-bond acceptors (Lipinski definition) is 4. The Morgan fingerprint density at radius 2 is 2.19 bits per heavy atom. The van der Waals surface area contributed by atoms with Gasteiger partial charge < -0.3 is 20.5 Å². The molecular weight excluding hydrogens is 292 g/mol. The quantitative estimate of drug-likeness (QED) is 0.820. The zero-order chi connectivity index (χ0) is 15.2. The minimum Gasteiger partial charge on any atom is -0.397 e. The number of nitrogens with one attached hydrogen (secondary N) is 1. The van der Waals surface area contributed by atoms with Gasteiger partial charge in [0.15, 0.2) is 0 Å². The minimum absolute atomic E-state index is 0.00700. The van der Waals surface area contributed by atoms with Crippen LogP contribution in [-0.4, -0.2) is 31.8 Å². The number of methoxy groups -OCH3 is 1. The summed E-state index contributed by atoms with van der Waals surface area (Å²) in [6, 6.07) is 4.95. The topological polar surface area (TPSA) is 73.6 Å². The van der Waals surface area contributed by atoms with Crippen LogP contribution in [0.4, 0.5) is 11.4 Å². The first kappa shape index (κ1) is 16.1. The summed E-state index contributed by atoms with van der Waals surface area (Å²) in [5, 5.41) is 3.23. The average Bonchev–Trinajstić information content (AvgIpc) is 2.49. The summed E-state index contributed by atoms with van der Waals surface area (Å²) in [6.45, 7) is 0.00700. The molecule has 0 bridgehead atoms. The van der Waals surface area contributed by atoms with Crippen molar-refractivity contribution in [1.82, 2.24) is 0 Å². The van der Waals surface area contributed by atoms with E-state index in [4.69, 9.17) is 26.8 Å². The summed E-state index contributed by atoms with van der Waals surface area (Å²) in [4.78, 5) is 11.9. The highest BCUT2D eigenvalue weighted by atomic mass is 35.5. The van der Waals surface area contributed by atoms with Gasteiger partial charge in [0.2, 0.25) is 5.91 Å². The molecule has 0 heterocycles. The van der Waals surface area contributed by atoms with E-state index in [0.717, 1.165) is 25.7 Å². The van der Waals surface area contributed by atoms with Gasteiger partial charge in [0.05, 0.1) is 23.6 Å². The van der Waals surface area contributed by atoms with Crippen molar-refractivity contribution in [3.63, 3.8) is 0 Å². The van der Waals surface area contributed by atoms with Gasteiger partial charge in [-0.2, -0.15) is 0 Å². The first-order valence-electron chi connectivity index (χ1n) is 7.07. The Morgan fingerprint density at radius 3 is 2.95 bits per heavy atom. The maximum absolute atomic E-state index is 11.9. The fourth-order valence-corrected chi connectivity index (χ4v) is 2.66. The van der Waals surface area contributed by atoms with Gasteiger partial charge in [-0.1, -0.05) is 11.6 Å². The van der Waals surface area contributed by atoms with Crippen molar-refractivity contribution >= 4 is 28.9 Å². The van der Waals surface area contributed by atoms with E-state index >= 15 is 0 Å². The van der Waals surface area contributed by atoms with Crippen LogP contribution >= 0.6 is 11.6 Å². The number of carbonyl (C=O) groups excluding carboxylic acids is 1. The first-order chi connectivity index (χ1) is 10.1. The number of benzene rings is 1. The van der Waals surface area contributed by atoms with Crippen molar-refractivity contribution in [2.75, 3.05) is 24.8 Å². The van der Waals surface area contributed by atoms with E-state index in [0.29, 0.717) is 16.4 Å². The molecule has 5 nitrogen and oxygen atoms in total. The number of halogens is 1. The summed E-state index contributed by atoms with van der Waals surface area (Å²) in [5.74, 6) is -0.233. The molecule has 1 aromatic rings. The molecule has 3 N–H and O–H groups in total. The lowest BCUT2D eigenvalue weighted by atomic mass is 9.95. The van der Waals surface area contributed by atoms with Gasteiger partial charge in [-0.15, -0.1) is 0 Å². The van der Waals surface area contributed by atoms with E-state index in [1.165, 1.54) is 0 Å². The third-order valence-corrected chi connectivity index (χ3v) is 3.89. The zero-order valence-electron chi connectivity index (χ0n) is 12.1. The van der Waals surface area contributed by atoms with Crippen molar-refractivity contribution in [3.8, 4) is 0 Å². The number of anilines is 2. The van der Waals surface area contributed by atoms with Crippen LogP contribution in [-0.2, 0) is 14.3 Å². The SMILES string of the molecule is COC1CCCC(OCC(=O)Nc2cc(Cl)ccc2N)C1. The standard InChI is InChI=1S/C15H21ClN2O3/c1-20-11-3-2-4-12(8-11)21-9-15(19)18-14-7-10(16)5-6-13(14)17/h5-7,11-12H,2-4,8-9,17H2,1H3,(H,18,19). The molecule has 2 rings (SSSR count). The molecule has 1 fully saturated rings. The van der Waals surface area contributed by atoms with Gasteiger partial charge in [-0.3, -0.25) is 4.79 Å². The van der Waals surface area contributed by atoms with Gasteiger partial charge in [0, 0.05) is 12.1 Å². The maximum atomic E-state index is 11.9. The molecule has 0 aliphatic heterocycles. The summed E-state index contributed by atoms with van der Waals surface area (Å²) < 4.78 is 11.0. The first-order valence-corrected chi connectivity index (χ1v) is 7.45. The van der Waals surface area contributed by atoms with Crippen LogP contribution in [0.25, 0.3) is 0 Å². The van der Waals surface area contributed by atoms with E-state index in [-0.39, 0.29) is 24.7 Å². The van der Waals surface area contributed by atoms with E-state index in [2.05, 4.69) is 5.32 Å². The summed E-state index contributed by atoms with van der Waals surface area (Å²) in [5.41, 5.74) is 6.77. The molecular formula is C15H21ClN2O3. The molecule has 0 saturated heterocycles. The highest BCUT2D eigenvalue weighted by Crippen LogP contribution is 2.24. The molecule has 1 aliphatic rings. The smallest absolute Gasteiger partial charge is 0.250 e. The lowest BCUT2D eigenvalue weighted by molar-refractivity contribution is -0.124. The number of amides is 1. The van der Waals surface area contributed by atoms with E-state index in [1.807, 2.05) is 0 Å². The molecule has 6 heteroatoms. The number of nitrogens with two attached hydrogens (primary N) is 1. The lowest BCUT2D eigenvalue weighted by Gasteiger charge is -2.28. The van der Waals surface area contributed by atoms with Crippen molar-refractivity contribution in [1.29, 1.82) is 0 Å². The zero-order valence-corrected chi connectivity index (χ0v) is 12.9. The second-order valence-corrected chi connectivity index (χ2v) is 5.67. The van der Waals surface area contributed by atoms with Crippen molar-refractivity contribution in [2.45, 2.75) is 37.9 Å². The number of ether oxygens (including phenoxy) is 2. The summed E-state index contributed by atoms with van der Waals surface area (Å²) >= 11 is 5.88. The van der Waals surface area contributed by atoms with Crippen LogP contribution in [0, 0.1) is 0 Å². The Bertz CT molecular complexity index is 496. The monoisotopic (exact) mass is 312 g/mol. The lowest BCUT2D eigenvalue weighted by Crippen LogP contribution is -2.30. The molecule has 2 atom stereocenters. The predicted molar refractivity (Wildman–Crippen MR) is 83.5 cm³/mol. The van der Waals surface area contributed by atoms with E-state index in [9.17, 15) is 4.79 Å². The molecule has 0 aromatic heterocycles. The average molecular weight is 313 g/mol. The number of nitrogen functional groups attached to an aromatic ring is 1. The Labute approximate surface area is 129 Å². The molecule has 0 radical (unpaired) electrons. The largest absolute Gasteiger partial charge is 0.397 e. The van der Waals surface area contributed by atoms with Crippen LogP contribution < -0.4 is 11.1 Å². The molecule has 116 valence electrons. The number of rotatable bonds is 5. The van der Waals surface area contributed by atoms with Gasteiger partial charge in [-0.25, -0.2) is 0 Å². The van der Waals surface area contributed by atoms with Crippen molar-refractivity contribution < 1.29 is 14.3 Å². The summed E-state index contributed by atoms with van der Waals surface area (Å²) in [7, 11) is 1.71. The van der Waals surface area contributed by atoms with Gasteiger partial charge in [0.25, 0.3) is 0 Å². The summed E-state index contributed by atoms with van der Waals surface area (Å²) in [6.07, 6.45) is 4.23. The predicted octanol–water partition coefficient (Wildman–Crippen LogP) is 2.83. The highest BCUT2D eigenvalue weighted by Gasteiger charge is 2.22. The third-order valence-electron chi connectivity index (χ3n) is 3.65. The second kappa shape index (κ2) is 7.64. The molecule has 1 aliphatic carbocycles. The minimum atomic E-state index is -0.233.